The zero-order chi connectivity index (χ0) is 15.0. The van der Waals surface area contributed by atoms with Crippen molar-refractivity contribution in [2.75, 3.05) is 0 Å². The molecule has 0 spiro atoms. The molecule has 1 aromatic carbocycles. The Labute approximate surface area is 123 Å². The molecule has 1 aromatic heterocycles. The van der Waals surface area contributed by atoms with Gasteiger partial charge in [-0.2, -0.15) is 0 Å². The van der Waals surface area contributed by atoms with E-state index in [1.54, 1.807) is 0 Å². The van der Waals surface area contributed by atoms with Crippen LogP contribution >= 0.6 is 0 Å². The average Bonchev–Trinajstić information content (AvgIpc) is 2.78. The molecule has 1 saturated heterocycles. The first-order valence-electron chi connectivity index (χ1n) is 7.32. The number of ether oxygens (including phenoxy) is 1. The van der Waals surface area contributed by atoms with Crippen molar-refractivity contribution in [1.82, 2.24) is 9.55 Å². The molecule has 2 heterocycles. The van der Waals surface area contributed by atoms with Crippen LogP contribution in [0.4, 0.5) is 0 Å². The zero-order valence-corrected chi connectivity index (χ0v) is 12.4. The van der Waals surface area contributed by atoms with Crippen molar-refractivity contribution < 1.29 is 14.6 Å². The van der Waals surface area contributed by atoms with Crippen molar-refractivity contribution >= 4 is 17.0 Å². The third-order valence-electron chi connectivity index (χ3n) is 4.16. The molecule has 5 nitrogen and oxygen atoms in total. The number of nitrogens with zero attached hydrogens (tertiary/aromatic N) is 2. The number of carbonyl (C=O) groups excluding carboxylic acids is 1. The Kier molecular flexibility index (Phi) is 3.68. The lowest BCUT2D eigenvalue weighted by Gasteiger charge is -2.26. The minimum absolute atomic E-state index is 0.114. The Morgan fingerprint density at radius 1 is 1.38 bits per heavy atom. The number of rotatable bonds is 3. The van der Waals surface area contributed by atoms with Gasteiger partial charge in [-0.25, -0.2) is 4.98 Å². The van der Waals surface area contributed by atoms with Gasteiger partial charge in [-0.1, -0.05) is 0 Å². The number of cyclic esters (lactones) is 1. The largest absolute Gasteiger partial charge is 0.462 e. The van der Waals surface area contributed by atoms with E-state index in [-0.39, 0.29) is 18.5 Å². The van der Waals surface area contributed by atoms with E-state index < -0.39 is 6.10 Å². The molecule has 0 amide bonds. The molecule has 1 N–H and O–H groups in total. The second-order valence-electron chi connectivity index (χ2n) is 5.86. The maximum absolute atomic E-state index is 11.3. The SMILES string of the molecule is Cc1cc2ncn(CC[C@H]3C[C@H](O)CC(=O)O3)c2cc1C. The highest BCUT2D eigenvalue weighted by molar-refractivity contribution is 5.77. The van der Waals surface area contributed by atoms with Gasteiger partial charge in [-0.15, -0.1) is 0 Å². The van der Waals surface area contributed by atoms with Crippen LogP contribution in [0.2, 0.25) is 0 Å². The molecule has 0 saturated carbocycles. The molecule has 2 atom stereocenters. The number of hydrogen-bond donors (Lipinski definition) is 1. The molecular formula is C16H20N2O3. The van der Waals surface area contributed by atoms with Gasteiger partial charge in [0.15, 0.2) is 0 Å². The smallest absolute Gasteiger partial charge is 0.308 e. The number of aryl methyl sites for hydroxylation is 3. The van der Waals surface area contributed by atoms with Crippen LogP contribution in [-0.4, -0.2) is 32.8 Å². The van der Waals surface area contributed by atoms with Gasteiger partial charge in [0.1, 0.15) is 6.10 Å². The van der Waals surface area contributed by atoms with E-state index in [1.807, 2.05) is 6.33 Å². The summed E-state index contributed by atoms with van der Waals surface area (Å²) in [6, 6.07) is 4.23. The number of carbonyl (C=O) groups is 1. The topological polar surface area (TPSA) is 64.3 Å². The summed E-state index contributed by atoms with van der Waals surface area (Å²) in [6.07, 6.45) is 2.39. The highest BCUT2D eigenvalue weighted by Gasteiger charge is 2.26. The molecular weight excluding hydrogens is 268 g/mol. The molecule has 2 aromatic rings. The third kappa shape index (κ3) is 2.93. The Bertz CT molecular complexity index is 677. The summed E-state index contributed by atoms with van der Waals surface area (Å²) in [7, 11) is 0. The summed E-state index contributed by atoms with van der Waals surface area (Å²) >= 11 is 0. The lowest BCUT2D eigenvalue weighted by molar-refractivity contribution is -0.160. The van der Waals surface area contributed by atoms with Crippen molar-refractivity contribution in [1.29, 1.82) is 0 Å². The number of esters is 1. The van der Waals surface area contributed by atoms with Crippen LogP contribution in [0.25, 0.3) is 11.0 Å². The van der Waals surface area contributed by atoms with Crippen LogP contribution in [0.3, 0.4) is 0 Å². The third-order valence-corrected chi connectivity index (χ3v) is 4.16. The quantitative estimate of drug-likeness (QED) is 0.879. The summed E-state index contributed by atoms with van der Waals surface area (Å²) in [4.78, 5) is 15.8. The van der Waals surface area contributed by atoms with Gasteiger partial charge in [0.05, 0.1) is 29.9 Å². The highest BCUT2D eigenvalue weighted by Crippen LogP contribution is 2.21. The van der Waals surface area contributed by atoms with Crippen molar-refractivity contribution in [3.63, 3.8) is 0 Å². The predicted molar refractivity (Wildman–Crippen MR) is 78.9 cm³/mol. The van der Waals surface area contributed by atoms with Crippen LogP contribution in [0, 0.1) is 13.8 Å². The van der Waals surface area contributed by atoms with Crippen LogP contribution in [0.15, 0.2) is 18.5 Å². The summed E-state index contributed by atoms with van der Waals surface area (Å²) in [5.74, 6) is -0.305. The van der Waals surface area contributed by atoms with Gasteiger partial charge in [0.2, 0.25) is 0 Å². The summed E-state index contributed by atoms with van der Waals surface area (Å²) in [5, 5.41) is 9.63. The number of fused-ring (bicyclic) bond motifs is 1. The van der Waals surface area contributed by atoms with E-state index in [0.29, 0.717) is 12.8 Å². The fraction of sp³-hybridized carbons (Fsp3) is 0.500. The normalized spacial score (nSPS) is 22.5. The maximum Gasteiger partial charge on any atom is 0.308 e. The zero-order valence-electron chi connectivity index (χ0n) is 12.4. The number of benzene rings is 1. The molecule has 112 valence electrons. The van der Waals surface area contributed by atoms with Gasteiger partial charge in [-0.05, 0) is 37.1 Å². The van der Waals surface area contributed by atoms with Crippen LogP contribution < -0.4 is 0 Å². The molecule has 21 heavy (non-hydrogen) atoms. The first kappa shape index (κ1) is 14.1. The number of aliphatic hydroxyl groups excluding tert-OH is 1. The minimum Gasteiger partial charge on any atom is -0.462 e. The molecule has 1 aliphatic heterocycles. The van der Waals surface area contributed by atoms with Crippen molar-refractivity contribution in [2.24, 2.45) is 0 Å². The van der Waals surface area contributed by atoms with Gasteiger partial charge in [0, 0.05) is 19.4 Å². The van der Waals surface area contributed by atoms with E-state index in [9.17, 15) is 9.90 Å². The lowest BCUT2D eigenvalue weighted by Crippen LogP contribution is -2.33. The van der Waals surface area contributed by atoms with Crippen molar-refractivity contribution in [3.05, 3.63) is 29.6 Å². The number of imidazole rings is 1. The van der Waals surface area contributed by atoms with Crippen molar-refractivity contribution in [2.45, 2.75) is 51.9 Å². The van der Waals surface area contributed by atoms with E-state index in [2.05, 4.69) is 35.5 Å². The Morgan fingerprint density at radius 2 is 2.14 bits per heavy atom. The number of aromatic nitrogens is 2. The summed E-state index contributed by atoms with van der Waals surface area (Å²) in [6.45, 7) is 4.89. The lowest BCUT2D eigenvalue weighted by atomic mass is 10.0. The van der Waals surface area contributed by atoms with Crippen LogP contribution in [0.1, 0.15) is 30.4 Å². The van der Waals surface area contributed by atoms with Crippen LogP contribution in [0.5, 0.6) is 0 Å². The fourth-order valence-electron chi connectivity index (χ4n) is 2.81. The second kappa shape index (κ2) is 5.48. The first-order chi connectivity index (χ1) is 10.0. The molecule has 3 rings (SSSR count). The molecule has 5 heteroatoms. The summed E-state index contributed by atoms with van der Waals surface area (Å²) in [5.41, 5.74) is 4.56. The monoisotopic (exact) mass is 288 g/mol. The van der Waals surface area contributed by atoms with Gasteiger partial charge in [0.25, 0.3) is 0 Å². The molecule has 0 radical (unpaired) electrons. The average molecular weight is 288 g/mol. The Morgan fingerprint density at radius 3 is 2.90 bits per heavy atom. The number of aliphatic hydroxyl groups is 1. The molecule has 0 bridgehead atoms. The van der Waals surface area contributed by atoms with Gasteiger partial charge < -0.3 is 14.4 Å². The molecule has 0 aliphatic carbocycles. The van der Waals surface area contributed by atoms with Crippen LogP contribution in [-0.2, 0) is 16.1 Å². The first-order valence-corrected chi connectivity index (χ1v) is 7.32. The second-order valence-corrected chi connectivity index (χ2v) is 5.86. The molecule has 1 fully saturated rings. The van der Waals surface area contributed by atoms with E-state index in [0.717, 1.165) is 17.6 Å². The Balaban J connectivity index is 1.73. The number of hydrogen-bond acceptors (Lipinski definition) is 4. The van der Waals surface area contributed by atoms with Gasteiger partial charge in [-0.3, -0.25) is 4.79 Å². The minimum atomic E-state index is -0.569. The highest BCUT2D eigenvalue weighted by atomic mass is 16.5. The summed E-state index contributed by atoms with van der Waals surface area (Å²) < 4.78 is 7.36. The molecule has 1 aliphatic rings. The van der Waals surface area contributed by atoms with Gasteiger partial charge >= 0.3 is 5.97 Å². The molecule has 0 unspecified atom stereocenters. The van der Waals surface area contributed by atoms with E-state index in [1.165, 1.54) is 11.1 Å². The van der Waals surface area contributed by atoms with E-state index in [4.69, 9.17) is 4.74 Å². The van der Waals surface area contributed by atoms with E-state index >= 15 is 0 Å². The standard InChI is InChI=1S/C16H20N2O3/c1-10-5-14-15(6-11(10)2)18(9-17-14)4-3-13-7-12(19)8-16(20)21-13/h5-6,9,12-13,19H,3-4,7-8H2,1-2H3/t12-,13-/m0/s1. The fourth-order valence-corrected chi connectivity index (χ4v) is 2.81. The van der Waals surface area contributed by atoms with Crippen molar-refractivity contribution in [3.8, 4) is 0 Å². The Hall–Kier alpha value is -1.88. The maximum atomic E-state index is 11.3. The predicted octanol–water partition coefficient (Wildman–Crippen LogP) is 2.11.